The van der Waals surface area contributed by atoms with Gasteiger partial charge in [-0.2, -0.15) is 0 Å². The maximum absolute atomic E-state index is 11.0. The summed E-state index contributed by atoms with van der Waals surface area (Å²) in [5, 5.41) is 0. The fourth-order valence-corrected chi connectivity index (χ4v) is 0.667. The van der Waals surface area contributed by atoms with Crippen molar-refractivity contribution >= 4 is 5.78 Å². The first-order valence-electron chi connectivity index (χ1n) is 4.04. The van der Waals surface area contributed by atoms with Crippen LogP contribution in [0.5, 0.6) is 0 Å². The second kappa shape index (κ2) is 5.96. The molecule has 0 aromatic rings. The third-order valence-corrected chi connectivity index (χ3v) is 1.34. The topological polar surface area (TPSA) is 20.3 Å². The molecule has 0 N–H and O–H groups in total. The summed E-state index contributed by atoms with van der Waals surface area (Å²) in [6.07, 6.45) is 6.19. The number of unbranched alkanes of at least 4 members (excludes halogenated alkanes) is 1. The zero-order chi connectivity index (χ0) is 8.69. The molecule has 0 aliphatic carbocycles. The van der Waals surface area contributed by atoms with Crippen molar-refractivity contribution in [1.29, 1.82) is 0 Å². The minimum atomic E-state index is 0.223. The van der Waals surface area contributed by atoms with Crippen molar-refractivity contribution in [2.45, 2.75) is 26.2 Å². The van der Waals surface area contributed by atoms with E-state index in [4.69, 9.17) is 0 Å². The van der Waals surface area contributed by atoms with Crippen molar-refractivity contribution in [2.75, 3.05) is 14.1 Å². The van der Waals surface area contributed by atoms with Crippen molar-refractivity contribution in [2.24, 2.45) is 0 Å². The standard InChI is InChI=1S/C9H17NO/c1-4-5-6-9(11)7-8-10(2)3/h7-8H,4-6H2,1-3H3. The van der Waals surface area contributed by atoms with Gasteiger partial charge in [-0.1, -0.05) is 13.3 Å². The Hall–Kier alpha value is -0.790. The van der Waals surface area contributed by atoms with Crippen LogP contribution in [0.4, 0.5) is 0 Å². The molecule has 0 atom stereocenters. The highest BCUT2D eigenvalue weighted by atomic mass is 16.1. The number of carbonyl (C=O) groups is 1. The third-order valence-electron chi connectivity index (χ3n) is 1.34. The zero-order valence-electron chi connectivity index (χ0n) is 7.63. The van der Waals surface area contributed by atoms with Crippen LogP contribution in [0, 0.1) is 0 Å². The first kappa shape index (κ1) is 10.2. The van der Waals surface area contributed by atoms with Crippen molar-refractivity contribution in [3.63, 3.8) is 0 Å². The van der Waals surface area contributed by atoms with Gasteiger partial charge < -0.3 is 4.90 Å². The van der Waals surface area contributed by atoms with E-state index in [1.807, 2.05) is 19.0 Å². The Kier molecular flexibility index (Phi) is 5.53. The van der Waals surface area contributed by atoms with Crippen LogP contribution >= 0.6 is 0 Å². The minimum absolute atomic E-state index is 0.223. The largest absolute Gasteiger partial charge is 0.383 e. The van der Waals surface area contributed by atoms with Crippen LogP contribution in [0.2, 0.25) is 0 Å². The van der Waals surface area contributed by atoms with E-state index in [0.717, 1.165) is 12.8 Å². The van der Waals surface area contributed by atoms with Crippen LogP contribution in [-0.2, 0) is 4.79 Å². The van der Waals surface area contributed by atoms with Gasteiger partial charge >= 0.3 is 0 Å². The molecule has 0 aromatic carbocycles. The van der Waals surface area contributed by atoms with E-state index in [9.17, 15) is 4.79 Å². The van der Waals surface area contributed by atoms with Gasteiger partial charge in [0.15, 0.2) is 5.78 Å². The lowest BCUT2D eigenvalue weighted by atomic mass is 10.2. The van der Waals surface area contributed by atoms with Crippen LogP contribution in [-0.4, -0.2) is 24.8 Å². The van der Waals surface area contributed by atoms with Gasteiger partial charge in [0.1, 0.15) is 0 Å². The van der Waals surface area contributed by atoms with E-state index in [1.165, 1.54) is 0 Å². The predicted molar refractivity (Wildman–Crippen MR) is 47.4 cm³/mol. The molecule has 64 valence electrons. The molecule has 11 heavy (non-hydrogen) atoms. The highest BCUT2D eigenvalue weighted by molar-refractivity contribution is 5.89. The molecule has 0 bridgehead atoms. The van der Waals surface area contributed by atoms with E-state index >= 15 is 0 Å². The molecule has 0 saturated carbocycles. The smallest absolute Gasteiger partial charge is 0.157 e. The number of hydrogen-bond donors (Lipinski definition) is 0. The maximum atomic E-state index is 11.0. The van der Waals surface area contributed by atoms with Crippen LogP contribution in [0.1, 0.15) is 26.2 Å². The molecule has 2 heteroatoms. The highest BCUT2D eigenvalue weighted by Gasteiger charge is 1.93. The Morgan fingerprint density at radius 2 is 2.09 bits per heavy atom. The van der Waals surface area contributed by atoms with Gasteiger partial charge in [0, 0.05) is 26.7 Å². The summed E-state index contributed by atoms with van der Waals surface area (Å²) in [6, 6.07) is 0. The fourth-order valence-electron chi connectivity index (χ4n) is 0.667. The Morgan fingerprint density at radius 3 is 2.55 bits per heavy atom. The summed E-state index contributed by atoms with van der Waals surface area (Å²) >= 11 is 0. The number of ketones is 1. The van der Waals surface area contributed by atoms with Gasteiger partial charge in [0.2, 0.25) is 0 Å². The number of carbonyl (C=O) groups excluding carboxylic acids is 1. The van der Waals surface area contributed by atoms with Gasteiger partial charge in [-0.05, 0) is 12.5 Å². The summed E-state index contributed by atoms with van der Waals surface area (Å²) in [6.45, 7) is 2.09. The molecule has 0 fully saturated rings. The highest BCUT2D eigenvalue weighted by Crippen LogP contribution is 1.96. The second-order valence-electron chi connectivity index (χ2n) is 2.85. The molecule has 0 saturated heterocycles. The van der Waals surface area contributed by atoms with Crippen LogP contribution in [0.15, 0.2) is 12.3 Å². The van der Waals surface area contributed by atoms with Gasteiger partial charge in [0.25, 0.3) is 0 Å². The summed E-state index contributed by atoms with van der Waals surface area (Å²) in [4.78, 5) is 12.9. The molecule has 0 unspecified atom stereocenters. The number of rotatable bonds is 5. The van der Waals surface area contributed by atoms with Crippen molar-refractivity contribution in [1.82, 2.24) is 4.90 Å². The van der Waals surface area contributed by atoms with E-state index in [1.54, 1.807) is 12.3 Å². The lowest BCUT2D eigenvalue weighted by Crippen LogP contribution is -2.02. The van der Waals surface area contributed by atoms with E-state index in [2.05, 4.69) is 6.92 Å². The molecular weight excluding hydrogens is 138 g/mol. The van der Waals surface area contributed by atoms with E-state index in [-0.39, 0.29) is 5.78 Å². The third kappa shape index (κ3) is 7.10. The molecule has 2 nitrogen and oxygen atoms in total. The fraction of sp³-hybridized carbons (Fsp3) is 0.667. The summed E-state index contributed by atoms with van der Waals surface area (Å²) < 4.78 is 0. The predicted octanol–water partition coefficient (Wildman–Crippen LogP) is 1.82. The first-order valence-corrected chi connectivity index (χ1v) is 4.04. The van der Waals surface area contributed by atoms with Crippen LogP contribution < -0.4 is 0 Å². The molecule has 0 aliphatic rings. The monoisotopic (exact) mass is 155 g/mol. The van der Waals surface area contributed by atoms with Crippen molar-refractivity contribution in [3.05, 3.63) is 12.3 Å². The maximum Gasteiger partial charge on any atom is 0.157 e. The Bertz CT molecular complexity index is 138. The summed E-state index contributed by atoms with van der Waals surface area (Å²) in [5.41, 5.74) is 0. The van der Waals surface area contributed by atoms with Gasteiger partial charge in [0.05, 0.1) is 0 Å². The molecule has 0 rings (SSSR count). The molecule has 0 amide bonds. The lowest BCUT2D eigenvalue weighted by Gasteiger charge is -2.01. The lowest BCUT2D eigenvalue weighted by molar-refractivity contribution is -0.114. The molecule has 0 aromatic heterocycles. The minimum Gasteiger partial charge on any atom is -0.383 e. The number of nitrogens with zero attached hydrogens (tertiary/aromatic N) is 1. The molecule has 0 spiro atoms. The first-order chi connectivity index (χ1) is 5.16. The number of hydrogen-bond acceptors (Lipinski definition) is 2. The van der Waals surface area contributed by atoms with Gasteiger partial charge in [-0.15, -0.1) is 0 Å². The van der Waals surface area contributed by atoms with Crippen LogP contribution in [0.3, 0.4) is 0 Å². The summed E-state index contributed by atoms with van der Waals surface area (Å²) in [5.74, 6) is 0.223. The van der Waals surface area contributed by atoms with Crippen LogP contribution in [0.25, 0.3) is 0 Å². The SMILES string of the molecule is CCCCC(=O)C=CN(C)C. The van der Waals surface area contributed by atoms with Crippen molar-refractivity contribution in [3.8, 4) is 0 Å². The Balaban J connectivity index is 3.51. The van der Waals surface area contributed by atoms with Gasteiger partial charge in [-0.25, -0.2) is 0 Å². The quantitative estimate of drug-likeness (QED) is 0.564. The molecule has 0 aliphatic heterocycles. The molecular formula is C9H17NO. The average Bonchev–Trinajstić information content (AvgIpc) is 1.97. The molecule has 0 heterocycles. The Morgan fingerprint density at radius 1 is 1.45 bits per heavy atom. The summed E-state index contributed by atoms with van der Waals surface area (Å²) in [7, 11) is 3.81. The van der Waals surface area contributed by atoms with Crippen molar-refractivity contribution < 1.29 is 4.79 Å². The van der Waals surface area contributed by atoms with E-state index < -0.39 is 0 Å². The van der Waals surface area contributed by atoms with Gasteiger partial charge in [-0.3, -0.25) is 4.79 Å². The molecule has 0 radical (unpaired) electrons. The zero-order valence-corrected chi connectivity index (χ0v) is 7.63. The average molecular weight is 155 g/mol. The number of allylic oxidation sites excluding steroid dienone is 1. The second-order valence-corrected chi connectivity index (χ2v) is 2.85. The Labute approximate surface area is 68.9 Å². The normalized spacial score (nSPS) is 10.5. The van der Waals surface area contributed by atoms with E-state index in [0.29, 0.717) is 6.42 Å².